The highest BCUT2D eigenvalue weighted by Crippen LogP contribution is 2.32. The van der Waals surface area contributed by atoms with Gasteiger partial charge >= 0.3 is 0 Å². The fraction of sp³-hybridized carbons (Fsp3) is 0.316. The van der Waals surface area contributed by atoms with Gasteiger partial charge in [0.15, 0.2) is 6.29 Å². The zero-order chi connectivity index (χ0) is 17.1. The van der Waals surface area contributed by atoms with Crippen molar-refractivity contribution in [3.8, 4) is 11.5 Å². The number of carbonyl (C=O) groups excluding carboxylic acids is 1. The molecule has 2 aromatic rings. The Bertz CT molecular complexity index is 722. The van der Waals surface area contributed by atoms with Crippen LogP contribution in [0, 0.1) is 6.92 Å². The van der Waals surface area contributed by atoms with Gasteiger partial charge in [0.1, 0.15) is 17.6 Å². The van der Waals surface area contributed by atoms with Crippen LogP contribution in [-0.4, -0.2) is 30.6 Å². The summed E-state index contributed by atoms with van der Waals surface area (Å²) in [5, 5.41) is 10.8. The summed E-state index contributed by atoms with van der Waals surface area (Å²) < 4.78 is 6.00. The molecule has 0 bridgehead atoms. The van der Waals surface area contributed by atoms with Crippen molar-refractivity contribution in [2.24, 2.45) is 0 Å². The summed E-state index contributed by atoms with van der Waals surface area (Å²) in [6.45, 7) is 3.53. The maximum atomic E-state index is 10.9. The largest absolute Gasteiger partial charge is 0.507 e. The van der Waals surface area contributed by atoms with Crippen LogP contribution in [0.15, 0.2) is 36.4 Å². The van der Waals surface area contributed by atoms with Gasteiger partial charge in [-0.1, -0.05) is 11.6 Å². The molecule has 1 N–H and O–H groups in total. The third kappa shape index (κ3) is 3.49. The number of benzene rings is 2. The molecule has 0 atom stereocenters. The summed E-state index contributed by atoms with van der Waals surface area (Å²) in [7, 11) is 0. The Morgan fingerprint density at radius 3 is 2.46 bits per heavy atom. The average molecular weight is 346 g/mol. The predicted octanol–water partition coefficient (Wildman–Crippen LogP) is 4.21. The van der Waals surface area contributed by atoms with Gasteiger partial charge in [0, 0.05) is 42.2 Å². The predicted molar refractivity (Wildman–Crippen MR) is 95.5 cm³/mol. The van der Waals surface area contributed by atoms with Gasteiger partial charge in [0.25, 0.3) is 0 Å². The molecule has 0 spiro atoms. The molecule has 0 aromatic heterocycles. The van der Waals surface area contributed by atoms with Gasteiger partial charge in [-0.15, -0.1) is 0 Å². The van der Waals surface area contributed by atoms with Crippen LogP contribution in [0.2, 0.25) is 5.02 Å². The summed E-state index contributed by atoms with van der Waals surface area (Å²) in [6.07, 6.45) is 2.65. The maximum Gasteiger partial charge on any atom is 0.153 e. The number of phenols is 1. The lowest BCUT2D eigenvalue weighted by Crippen LogP contribution is -2.38. The number of aldehydes is 1. The first-order valence-corrected chi connectivity index (χ1v) is 8.41. The Kier molecular flexibility index (Phi) is 4.95. The van der Waals surface area contributed by atoms with Crippen molar-refractivity contribution in [1.29, 1.82) is 0 Å². The molecular weight excluding hydrogens is 326 g/mol. The summed E-state index contributed by atoms with van der Waals surface area (Å²) in [4.78, 5) is 13.1. The first-order chi connectivity index (χ1) is 11.6. The number of hydrogen-bond acceptors (Lipinski definition) is 4. The molecule has 24 heavy (non-hydrogen) atoms. The van der Waals surface area contributed by atoms with Crippen molar-refractivity contribution in [2.45, 2.75) is 25.9 Å². The number of aromatic hydroxyl groups is 1. The fourth-order valence-electron chi connectivity index (χ4n) is 3.07. The van der Waals surface area contributed by atoms with E-state index in [0.29, 0.717) is 16.9 Å². The molecule has 0 amide bonds. The Morgan fingerprint density at radius 1 is 1.17 bits per heavy atom. The number of nitrogens with zero attached hydrogens (tertiary/aromatic N) is 1. The molecule has 1 aliphatic rings. The van der Waals surface area contributed by atoms with Crippen LogP contribution in [0.5, 0.6) is 11.5 Å². The minimum absolute atomic E-state index is 0.0713. The monoisotopic (exact) mass is 345 g/mol. The van der Waals surface area contributed by atoms with E-state index in [1.54, 1.807) is 6.07 Å². The van der Waals surface area contributed by atoms with Crippen LogP contribution in [-0.2, 0) is 0 Å². The molecule has 0 saturated carbocycles. The highest BCUT2D eigenvalue weighted by Gasteiger charge is 2.23. The molecule has 1 saturated heterocycles. The number of piperidine rings is 1. The molecule has 2 aromatic carbocycles. The van der Waals surface area contributed by atoms with E-state index in [-0.39, 0.29) is 11.9 Å². The van der Waals surface area contributed by atoms with Crippen LogP contribution in [0.4, 0.5) is 5.69 Å². The molecule has 4 nitrogen and oxygen atoms in total. The van der Waals surface area contributed by atoms with Crippen molar-refractivity contribution in [2.75, 3.05) is 18.0 Å². The van der Waals surface area contributed by atoms with Crippen molar-refractivity contribution < 1.29 is 14.6 Å². The first kappa shape index (κ1) is 16.7. The van der Waals surface area contributed by atoms with Gasteiger partial charge in [0.05, 0.1) is 5.56 Å². The minimum Gasteiger partial charge on any atom is -0.507 e. The SMILES string of the molecule is Cc1c(N2CCC(Oc3ccc(Cl)cc3)CC2)ccc(C=O)c1O. The molecule has 1 aliphatic heterocycles. The van der Waals surface area contributed by atoms with Gasteiger partial charge in [-0.2, -0.15) is 0 Å². The van der Waals surface area contributed by atoms with Gasteiger partial charge in [-0.25, -0.2) is 0 Å². The summed E-state index contributed by atoms with van der Waals surface area (Å²) in [5.41, 5.74) is 2.05. The van der Waals surface area contributed by atoms with Crippen molar-refractivity contribution in [3.05, 3.63) is 52.5 Å². The van der Waals surface area contributed by atoms with E-state index in [1.807, 2.05) is 37.3 Å². The molecule has 3 rings (SSSR count). The summed E-state index contributed by atoms with van der Waals surface area (Å²) in [5.74, 6) is 0.907. The minimum atomic E-state index is 0.0713. The molecule has 1 fully saturated rings. The second-order valence-electron chi connectivity index (χ2n) is 6.02. The summed E-state index contributed by atoms with van der Waals surface area (Å²) in [6, 6.07) is 11.0. The fourth-order valence-corrected chi connectivity index (χ4v) is 3.19. The molecule has 0 unspecified atom stereocenters. The molecule has 0 aliphatic carbocycles. The van der Waals surface area contributed by atoms with E-state index in [4.69, 9.17) is 16.3 Å². The molecule has 126 valence electrons. The molecular formula is C19H20ClNO3. The van der Waals surface area contributed by atoms with Gasteiger partial charge in [0.2, 0.25) is 0 Å². The lowest BCUT2D eigenvalue weighted by atomic mass is 10.0. The molecule has 1 heterocycles. The Labute approximate surface area is 146 Å². The van der Waals surface area contributed by atoms with Crippen LogP contribution in [0.3, 0.4) is 0 Å². The Balaban J connectivity index is 1.64. The van der Waals surface area contributed by atoms with E-state index >= 15 is 0 Å². The van der Waals surface area contributed by atoms with Gasteiger partial charge in [-0.05, 0) is 43.3 Å². The number of hydrogen-bond donors (Lipinski definition) is 1. The number of halogens is 1. The zero-order valence-corrected chi connectivity index (χ0v) is 14.3. The van der Waals surface area contributed by atoms with E-state index in [2.05, 4.69) is 4.90 Å². The molecule has 0 radical (unpaired) electrons. The van der Waals surface area contributed by atoms with E-state index < -0.39 is 0 Å². The second-order valence-corrected chi connectivity index (χ2v) is 6.46. The lowest BCUT2D eigenvalue weighted by Gasteiger charge is -2.34. The number of rotatable bonds is 4. The number of anilines is 1. The van der Waals surface area contributed by atoms with Gasteiger partial charge in [-0.3, -0.25) is 4.79 Å². The number of phenolic OH excluding ortho intramolecular Hbond substituents is 1. The quantitative estimate of drug-likeness (QED) is 0.843. The smallest absolute Gasteiger partial charge is 0.153 e. The standard InChI is InChI=1S/C19H20ClNO3/c1-13-18(7-2-14(12-22)19(13)23)21-10-8-17(9-11-21)24-16-5-3-15(20)4-6-16/h2-7,12,17,23H,8-11H2,1H3. The third-order valence-corrected chi connectivity index (χ3v) is 4.71. The average Bonchev–Trinajstić information content (AvgIpc) is 2.60. The van der Waals surface area contributed by atoms with E-state index in [0.717, 1.165) is 42.9 Å². The lowest BCUT2D eigenvalue weighted by molar-refractivity contribution is 0.112. The van der Waals surface area contributed by atoms with Crippen LogP contribution >= 0.6 is 11.6 Å². The van der Waals surface area contributed by atoms with Crippen LogP contribution < -0.4 is 9.64 Å². The Hall–Kier alpha value is -2.20. The topological polar surface area (TPSA) is 49.8 Å². The highest BCUT2D eigenvalue weighted by atomic mass is 35.5. The second kappa shape index (κ2) is 7.14. The number of ether oxygens (including phenoxy) is 1. The Morgan fingerprint density at radius 2 is 1.83 bits per heavy atom. The normalized spacial score (nSPS) is 15.3. The van der Waals surface area contributed by atoms with E-state index in [9.17, 15) is 9.90 Å². The molecule has 5 heteroatoms. The van der Waals surface area contributed by atoms with Gasteiger partial charge < -0.3 is 14.7 Å². The third-order valence-electron chi connectivity index (χ3n) is 4.46. The zero-order valence-electron chi connectivity index (χ0n) is 13.5. The van der Waals surface area contributed by atoms with Crippen molar-refractivity contribution in [3.63, 3.8) is 0 Å². The van der Waals surface area contributed by atoms with Crippen molar-refractivity contribution in [1.82, 2.24) is 0 Å². The van der Waals surface area contributed by atoms with Crippen LogP contribution in [0.1, 0.15) is 28.8 Å². The maximum absolute atomic E-state index is 10.9. The highest BCUT2D eigenvalue weighted by molar-refractivity contribution is 6.30. The first-order valence-electron chi connectivity index (χ1n) is 8.03. The number of carbonyl (C=O) groups is 1. The van der Waals surface area contributed by atoms with E-state index in [1.165, 1.54) is 0 Å². The summed E-state index contributed by atoms with van der Waals surface area (Å²) >= 11 is 5.89. The van der Waals surface area contributed by atoms with Crippen LogP contribution in [0.25, 0.3) is 0 Å². The van der Waals surface area contributed by atoms with Crippen molar-refractivity contribution >= 4 is 23.6 Å².